The van der Waals surface area contributed by atoms with E-state index in [1.807, 2.05) is 17.5 Å². The summed E-state index contributed by atoms with van der Waals surface area (Å²) in [5.74, 6) is 0.548. The molecule has 0 amide bonds. The van der Waals surface area contributed by atoms with Crippen molar-refractivity contribution < 1.29 is 4.79 Å². The maximum absolute atomic E-state index is 11.3. The van der Waals surface area contributed by atoms with E-state index in [0.717, 1.165) is 33.2 Å². The Morgan fingerprint density at radius 1 is 1.47 bits per heavy atom. The Bertz CT molecular complexity index is 710. The second-order valence-electron chi connectivity index (χ2n) is 4.73. The molecule has 4 nitrogen and oxygen atoms in total. The van der Waals surface area contributed by atoms with E-state index in [9.17, 15) is 4.79 Å². The van der Waals surface area contributed by atoms with Crippen molar-refractivity contribution in [3.63, 3.8) is 0 Å². The predicted molar refractivity (Wildman–Crippen MR) is 78.1 cm³/mol. The zero-order chi connectivity index (χ0) is 13.4. The van der Waals surface area contributed by atoms with Crippen LogP contribution in [0, 0.1) is 5.92 Å². The summed E-state index contributed by atoms with van der Waals surface area (Å²) in [7, 11) is 0. The lowest BCUT2D eigenvalue weighted by atomic mass is 10.1. The Labute approximate surface area is 118 Å². The molecule has 3 rings (SSSR count). The summed E-state index contributed by atoms with van der Waals surface area (Å²) in [6, 6.07) is 3.93. The molecule has 3 aromatic heterocycles. The molecular formula is C13H13N3OS2. The van der Waals surface area contributed by atoms with Gasteiger partial charge in [0.1, 0.15) is 16.4 Å². The number of hydrogen-bond donors (Lipinski definition) is 0. The predicted octanol–water partition coefficient (Wildman–Crippen LogP) is 3.53. The van der Waals surface area contributed by atoms with Crippen molar-refractivity contribution in [1.29, 1.82) is 0 Å². The fraction of sp³-hybridized carbons (Fsp3) is 0.308. The van der Waals surface area contributed by atoms with Crippen LogP contribution in [0.25, 0.3) is 15.5 Å². The molecule has 98 valence electrons. The van der Waals surface area contributed by atoms with Gasteiger partial charge in [-0.05, 0) is 17.4 Å². The number of fused-ring (bicyclic) bond motifs is 1. The molecule has 0 atom stereocenters. The number of carbonyl (C=O) groups excluding carboxylic acids is 1. The Hall–Kier alpha value is -1.53. The van der Waals surface area contributed by atoms with Crippen molar-refractivity contribution in [3.05, 3.63) is 28.2 Å². The second-order valence-corrected chi connectivity index (χ2v) is 6.72. The highest BCUT2D eigenvalue weighted by molar-refractivity contribution is 7.16. The van der Waals surface area contributed by atoms with E-state index < -0.39 is 0 Å². The number of carbonyl (C=O) groups is 1. The molecule has 3 heterocycles. The SMILES string of the molecule is CC(C)Cc1nn2c(C=O)c(-c3cccs3)nc2s1. The van der Waals surface area contributed by atoms with Gasteiger partial charge in [-0.1, -0.05) is 31.3 Å². The fourth-order valence-corrected chi connectivity index (χ4v) is 3.77. The molecule has 0 bridgehead atoms. The normalized spacial score (nSPS) is 11.5. The van der Waals surface area contributed by atoms with E-state index in [1.165, 1.54) is 0 Å². The van der Waals surface area contributed by atoms with Crippen molar-refractivity contribution in [1.82, 2.24) is 14.6 Å². The van der Waals surface area contributed by atoms with Gasteiger partial charge in [-0.2, -0.15) is 9.61 Å². The summed E-state index contributed by atoms with van der Waals surface area (Å²) in [4.78, 5) is 17.7. The van der Waals surface area contributed by atoms with Crippen molar-refractivity contribution in [2.24, 2.45) is 5.92 Å². The first kappa shape index (κ1) is 12.5. The van der Waals surface area contributed by atoms with Gasteiger partial charge in [-0.15, -0.1) is 11.3 Å². The van der Waals surface area contributed by atoms with E-state index in [0.29, 0.717) is 11.6 Å². The quantitative estimate of drug-likeness (QED) is 0.691. The molecule has 0 saturated carbocycles. The van der Waals surface area contributed by atoms with E-state index in [2.05, 4.69) is 23.9 Å². The van der Waals surface area contributed by atoms with Crippen molar-refractivity contribution in [2.45, 2.75) is 20.3 Å². The standard InChI is InChI=1S/C13H13N3OS2/c1-8(2)6-11-15-16-9(7-17)12(14-13(16)19-11)10-4-3-5-18-10/h3-5,7-8H,6H2,1-2H3. The Balaban J connectivity index is 2.12. The van der Waals surface area contributed by atoms with Crippen LogP contribution in [0.15, 0.2) is 17.5 Å². The minimum atomic E-state index is 0.545. The highest BCUT2D eigenvalue weighted by atomic mass is 32.1. The number of imidazole rings is 1. The van der Waals surface area contributed by atoms with Gasteiger partial charge in [-0.25, -0.2) is 4.98 Å². The van der Waals surface area contributed by atoms with Crippen LogP contribution in [0.2, 0.25) is 0 Å². The number of aromatic nitrogens is 3. The third kappa shape index (κ3) is 2.21. The third-order valence-electron chi connectivity index (χ3n) is 2.73. The summed E-state index contributed by atoms with van der Waals surface area (Å²) in [6.45, 7) is 4.31. The zero-order valence-electron chi connectivity index (χ0n) is 10.7. The molecule has 3 aromatic rings. The van der Waals surface area contributed by atoms with Crippen molar-refractivity contribution in [3.8, 4) is 10.6 Å². The average molecular weight is 291 g/mol. The monoisotopic (exact) mass is 291 g/mol. The molecule has 0 unspecified atom stereocenters. The Morgan fingerprint density at radius 3 is 2.95 bits per heavy atom. The average Bonchev–Trinajstić information content (AvgIpc) is 3.00. The van der Waals surface area contributed by atoms with Crippen molar-refractivity contribution in [2.75, 3.05) is 0 Å². The fourth-order valence-electron chi connectivity index (χ4n) is 1.94. The van der Waals surface area contributed by atoms with Crippen molar-refractivity contribution >= 4 is 33.9 Å². The lowest BCUT2D eigenvalue weighted by Crippen LogP contribution is -1.97. The molecule has 0 N–H and O–H groups in total. The molecule has 19 heavy (non-hydrogen) atoms. The van der Waals surface area contributed by atoms with Crippen LogP contribution in [-0.4, -0.2) is 20.9 Å². The molecule has 6 heteroatoms. The first-order valence-corrected chi connectivity index (χ1v) is 7.76. The van der Waals surface area contributed by atoms with Crippen LogP contribution in [-0.2, 0) is 6.42 Å². The highest BCUT2D eigenvalue weighted by Crippen LogP contribution is 2.29. The molecular weight excluding hydrogens is 278 g/mol. The van der Waals surface area contributed by atoms with Crippen LogP contribution in [0.1, 0.15) is 29.3 Å². The summed E-state index contributed by atoms with van der Waals surface area (Å²) in [6.07, 6.45) is 1.76. The van der Waals surface area contributed by atoms with E-state index >= 15 is 0 Å². The first-order valence-electron chi connectivity index (χ1n) is 6.06. The van der Waals surface area contributed by atoms with Gasteiger partial charge in [0, 0.05) is 6.42 Å². The summed E-state index contributed by atoms with van der Waals surface area (Å²) < 4.78 is 1.67. The molecule has 0 fully saturated rings. The minimum absolute atomic E-state index is 0.545. The largest absolute Gasteiger partial charge is 0.296 e. The topological polar surface area (TPSA) is 47.3 Å². The lowest BCUT2D eigenvalue weighted by Gasteiger charge is -1.98. The molecule has 0 saturated heterocycles. The molecule has 0 radical (unpaired) electrons. The number of thiophene rings is 1. The van der Waals surface area contributed by atoms with E-state index in [1.54, 1.807) is 27.2 Å². The van der Waals surface area contributed by atoms with Gasteiger partial charge in [0.2, 0.25) is 4.96 Å². The summed E-state index contributed by atoms with van der Waals surface area (Å²) >= 11 is 3.14. The van der Waals surface area contributed by atoms with E-state index in [4.69, 9.17) is 0 Å². The molecule has 0 spiro atoms. The second kappa shape index (κ2) is 4.86. The lowest BCUT2D eigenvalue weighted by molar-refractivity contribution is 0.111. The van der Waals surface area contributed by atoms with Gasteiger partial charge in [-0.3, -0.25) is 4.79 Å². The number of nitrogens with zero attached hydrogens (tertiary/aromatic N) is 3. The van der Waals surface area contributed by atoms with Gasteiger partial charge < -0.3 is 0 Å². The van der Waals surface area contributed by atoms with Crippen LogP contribution in [0.5, 0.6) is 0 Å². The van der Waals surface area contributed by atoms with E-state index in [-0.39, 0.29) is 0 Å². The maximum Gasteiger partial charge on any atom is 0.213 e. The Kier molecular flexibility index (Phi) is 3.20. The zero-order valence-corrected chi connectivity index (χ0v) is 12.3. The molecule has 0 aliphatic rings. The molecule has 0 aromatic carbocycles. The van der Waals surface area contributed by atoms with Crippen LogP contribution >= 0.6 is 22.7 Å². The third-order valence-corrected chi connectivity index (χ3v) is 4.54. The first-order chi connectivity index (χ1) is 9.19. The van der Waals surface area contributed by atoms with Gasteiger partial charge >= 0.3 is 0 Å². The van der Waals surface area contributed by atoms with Crippen LogP contribution in [0.4, 0.5) is 0 Å². The van der Waals surface area contributed by atoms with Crippen LogP contribution in [0.3, 0.4) is 0 Å². The number of hydrogen-bond acceptors (Lipinski definition) is 5. The minimum Gasteiger partial charge on any atom is -0.296 e. The number of rotatable bonds is 4. The van der Waals surface area contributed by atoms with Gasteiger partial charge in [0.05, 0.1) is 4.88 Å². The molecule has 0 aliphatic heterocycles. The molecule has 0 aliphatic carbocycles. The number of aldehydes is 1. The smallest absolute Gasteiger partial charge is 0.213 e. The van der Waals surface area contributed by atoms with Gasteiger partial charge in [0.25, 0.3) is 0 Å². The Morgan fingerprint density at radius 2 is 2.32 bits per heavy atom. The summed E-state index contributed by atoms with van der Waals surface area (Å²) in [5.41, 5.74) is 1.28. The van der Waals surface area contributed by atoms with Crippen LogP contribution < -0.4 is 0 Å². The maximum atomic E-state index is 11.3. The summed E-state index contributed by atoms with van der Waals surface area (Å²) in [5, 5.41) is 7.51. The highest BCUT2D eigenvalue weighted by Gasteiger charge is 2.18. The van der Waals surface area contributed by atoms with Gasteiger partial charge in [0.15, 0.2) is 6.29 Å².